The number of aryl methyl sites for hydroxylation is 1. The standard InChI is InChI=1S/C22H23N5O3S/c1-13-2-3-19-15(8-13)9-16(10-24-19)17-11-25-27-21(23)18(12-28)20(26-22(17)27)14-4-6-31(29,30)7-5-14/h2-3,8-11,14,28H,4-7,12,23H2,1H3. The maximum atomic E-state index is 11.9. The number of nitrogens with two attached hydrogens (primary N) is 1. The molecule has 1 fully saturated rings. The molecule has 1 saturated heterocycles. The van der Waals surface area contributed by atoms with Gasteiger partial charge in [0.05, 0.1) is 35.5 Å². The first-order valence-electron chi connectivity index (χ1n) is 10.2. The highest BCUT2D eigenvalue weighted by Crippen LogP contribution is 2.35. The largest absolute Gasteiger partial charge is 0.391 e. The predicted molar refractivity (Wildman–Crippen MR) is 119 cm³/mol. The van der Waals surface area contributed by atoms with E-state index in [4.69, 9.17) is 10.7 Å². The number of aromatic nitrogens is 4. The number of rotatable bonds is 3. The van der Waals surface area contributed by atoms with Crippen LogP contribution in [0.2, 0.25) is 0 Å². The summed E-state index contributed by atoms with van der Waals surface area (Å²) < 4.78 is 25.3. The van der Waals surface area contributed by atoms with Crippen LogP contribution >= 0.6 is 0 Å². The van der Waals surface area contributed by atoms with Crippen molar-refractivity contribution in [3.63, 3.8) is 0 Å². The first-order chi connectivity index (χ1) is 14.9. The molecule has 0 spiro atoms. The molecule has 0 bridgehead atoms. The number of pyridine rings is 1. The van der Waals surface area contributed by atoms with Crippen LogP contribution in [0.15, 0.2) is 36.7 Å². The van der Waals surface area contributed by atoms with Crippen molar-refractivity contribution in [1.29, 1.82) is 0 Å². The van der Waals surface area contributed by atoms with Gasteiger partial charge >= 0.3 is 0 Å². The van der Waals surface area contributed by atoms with E-state index in [1.807, 2.05) is 19.1 Å². The van der Waals surface area contributed by atoms with Gasteiger partial charge in [0.15, 0.2) is 5.65 Å². The number of anilines is 1. The lowest BCUT2D eigenvalue weighted by molar-refractivity contribution is 0.279. The summed E-state index contributed by atoms with van der Waals surface area (Å²) in [7, 11) is -3.01. The lowest BCUT2D eigenvalue weighted by Gasteiger charge is -2.24. The molecule has 1 aliphatic rings. The molecule has 9 heteroatoms. The first-order valence-corrected chi connectivity index (χ1v) is 12.0. The molecule has 160 valence electrons. The monoisotopic (exact) mass is 437 g/mol. The summed E-state index contributed by atoms with van der Waals surface area (Å²) in [6, 6.07) is 8.15. The zero-order valence-corrected chi connectivity index (χ0v) is 17.9. The van der Waals surface area contributed by atoms with Crippen LogP contribution in [0.25, 0.3) is 27.7 Å². The summed E-state index contributed by atoms with van der Waals surface area (Å²) in [5.74, 6) is 0.495. The summed E-state index contributed by atoms with van der Waals surface area (Å²) in [5, 5.41) is 15.4. The first kappa shape index (κ1) is 19.9. The summed E-state index contributed by atoms with van der Waals surface area (Å²) in [4.78, 5) is 9.42. The van der Waals surface area contributed by atoms with E-state index in [0.717, 1.165) is 27.6 Å². The normalized spacial score (nSPS) is 16.8. The highest BCUT2D eigenvalue weighted by atomic mass is 32.2. The Morgan fingerprint density at radius 3 is 2.71 bits per heavy atom. The minimum absolute atomic E-state index is 0.0712. The van der Waals surface area contributed by atoms with Gasteiger partial charge in [-0.1, -0.05) is 11.6 Å². The smallest absolute Gasteiger partial charge is 0.165 e. The van der Waals surface area contributed by atoms with Crippen LogP contribution in [0.5, 0.6) is 0 Å². The number of hydrogen-bond acceptors (Lipinski definition) is 7. The van der Waals surface area contributed by atoms with E-state index in [2.05, 4.69) is 22.2 Å². The zero-order valence-electron chi connectivity index (χ0n) is 17.1. The van der Waals surface area contributed by atoms with Crippen LogP contribution in [-0.4, -0.2) is 44.6 Å². The fraction of sp³-hybridized carbons (Fsp3) is 0.318. The van der Waals surface area contributed by atoms with E-state index in [-0.39, 0.29) is 24.0 Å². The van der Waals surface area contributed by atoms with Crippen molar-refractivity contribution < 1.29 is 13.5 Å². The molecule has 31 heavy (non-hydrogen) atoms. The Morgan fingerprint density at radius 1 is 1.19 bits per heavy atom. The topological polar surface area (TPSA) is 123 Å². The summed E-state index contributed by atoms with van der Waals surface area (Å²) in [6.45, 7) is 1.76. The van der Waals surface area contributed by atoms with Gasteiger partial charge in [0.2, 0.25) is 0 Å². The number of hydrogen-bond donors (Lipinski definition) is 2. The second-order valence-electron chi connectivity index (χ2n) is 8.16. The Hall–Kier alpha value is -3.04. The van der Waals surface area contributed by atoms with E-state index in [1.54, 1.807) is 12.4 Å². The Labute approximate surface area is 179 Å². The number of sulfone groups is 1. The SMILES string of the molecule is Cc1ccc2ncc(-c3cnn4c(N)c(CO)c(C5CCS(=O)(=O)CC5)nc34)cc2c1. The third-order valence-electron chi connectivity index (χ3n) is 6.06. The van der Waals surface area contributed by atoms with Gasteiger partial charge in [0.25, 0.3) is 0 Å². The quantitative estimate of drug-likeness (QED) is 0.505. The molecule has 8 nitrogen and oxygen atoms in total. The molecule has 4 aromatic rings. The minimum Gasteiger partial charge on any atom is -0.391 e. The van der Waals surface area contributed by atoms with Gasteiger partial charge in [0, 0.05) is 34.2 Å². The maximum absolute atomic E-state index is 11.9. The maximum Gasteiger partial charge on any atom is 0.165 e. The van der Waals surface area contributed by atoms with Gasteiger partial charge in [-0.15, -0.1) is 0 Å². The molecule has 4 heterocycles. The highest BCUT2D eigenvalue weighted by Gasteiger charge is 2.29. The van der Waals surface area contributed by atoms with Crippen LogP contribution in [-0.2, 0) is 16.4 Å². The number of benzene rings is 1. The Balaban J connectivity index is 1.66. The molecule has 0 aliphatic carbocycles. The Bertz CT molecular complexity index is 1410. The molecule has 0 atom stereocenters. The van der Waals surface area contributed by atoms with E-state index >= 15 is 0 Å². The number of fused-ring (bicyclic) bond motifs is 2. The van der Waals surface area contributed by atoms with E-state index in [0.29, 0.717) is 35.6 Å². The number of aliphatic hydroxyl groups is 1. The average molecular weight is 438 g/mol. The molecule has 5 rings (SSSR count). The number of nitrogen functional groups attached to an aromatic ring is 1. The molecule has 3 aromatic heterocycles. The minimum atomic E-state index is -3.01. The van der Waals surface area contributed by atoms with Gasteiger partial charge in [-0.05, 0) is 38.0 Å². The lowest BCUT2D eigenvalue weighted by atomic mass is 9.94. The van der Waals surface area contributed by atoms with Crippen LogP contribution in [0.4, 0.5) is 5.82 Å². The molecular formula is C22H23N5O3S. The molecular weight excluding hydrogens is 414 g/mol. The van der Waals surface area contributed by atoms with Crippen molar-refractivity contribution in [2.45, 2.75) is 32.3 Å². The van der Waals surface area contributed by atoms with Crippen LogP contribution < -0.4 is 5.73 Å². The highest BCUT2D eigenvalue weighted by molar-refractivity contribution is 7.91. The van der Waals surface area contributed by atoms with E-state index in [9.17, 15) is 13.5 Å². The Kier molecular flexibility index (Phi) is 4.67. The number of aliphatic hydroxyl groups excluding tert-OH is 1. The molecule has 1 aliphatic heterocycles. The molecule has 1 aromatic carbocycles. The van der Waals surface area contributed by atoms with Crippen molar-refractivity contribution in [2.24, 2.45) is 0 Å². The Morgan fingerprint density at radius 2 is 1.97 bits per heavy atom. The average Bonchev–Trinajstić information content (AvgIpc) is 3.17. The predicted octanol–water partition coefficient (Wildman–Crippen LogP) is 2.62. The fourth-order valence-corrected chi connectivity index (χ4v) is 5.82. The molecule has 0 amide bonds. The van der Waals surface area contributed by atoms with Crippen molar-refractivity contribution in [3.05, 3.63) is 53.5 Å². The second kappa shape index (κ2) is 7.28. The van der Waals surface area contributed by atoms with E-state index < -0.39 is 9.84 Å². The summed E-state index contributed by atoms with van der Waals surface area (Å²) in [5.41, 5.74) is 11.8. The summed E-state index contributed by atoms with van der Waals surface area (Å²) >= 11 is 0. The molecule has 0 saturated carbocycles. The van der Waals surface area contributed by atoms with Crippen LogP contribution in [0.1, 0.15) is 35.6 Å². The van der Waals surface area contributed by atoms with Crippen molar-refractivity contribution in [1.82, 2.24) is 19.6 Å². The number of nitrogens with zero attached hydrogens (tertiary/aromatic N) is 4. The summed E-state index contributed by atoms with van der Waals surface area (Å²) in [6.07, 6.45) is 4.43. The van der Waals surface area contributed by atoms with Gasteiger partial charge in [0.1, 0.15) is 15.7 Å². The zero-order chi connectivity index (χ0) is 21.8. The van der Waals surface area contributed by atoms with Gasteiger partial charge in [-0.2, -0.15) is 9.61 Å². The van der Waals surface area contributed by atoms with Crippen LogP contribution in [0.3, 0.4) is 0 Å². The van der Waals surface area contributed by atoms with Crippen molar-refractivity contribution in [2.75, 3.05) is 17.2 Å². The molecule has 0 unspecified atom stereocenters. The third-order valence-corrected chi connectivity index (χ3v) is 7.78. The third kappa shape index (κ3) is 3.43. The lowest BCUT2D eigenvalue weighted by Crippen LogP contribution is -2.24. The van der Waals surface area contributed by atoms with Gasteiger partial charge in [-0.25, -0.2) is 13.4 Å². The fourth-order valence-electron chi connectivity index (χ4n) is 4.33. The van der Waals surface area contributed by atoms with E-state index in [1.165, 1.54) is 4.52 Å². The second-order valence-corrected chi connectivity index (χ2v) is 10.5. The van der Waals surface area contributed by atoms with Crippen molar-refractivity contribution in [3.8, 4) is 11.1 Å². The van der Waals surface area contributed by atoms with Gasteiger partial charge < -0.3 is 10.8 Å². The van der Waals surface area contributed by atoms with Crippen LogP contribution in [0, 0.1) is 6.92 Å². The van der Waals surface area contributed by atoms with Gasteiger partial charge in [-0.3, -0.25) is 4.98 Å². The molecule has 3 N–H and O–H groups in total. The van der Waals surface area contributed by atoms with Crippen molar-refractivity contribution >= 4 is 32.2 Å². The molecule has 0 radical (unpaired) electrons.